The maximum Gasteiger partial charge on any atom is 0.138 e. The normalized spacial score (nSPS) is 12.6. The lowest BCUT2D eigenvalue weighted by Gasteiger charge is -2.16. The zero-order chi connectivity index (χ0) is 14.3. The van der Waals surface area contributed by atoms with Crippen LogP contribution in [0.15, 0.2) is 12.1 Å². The van der Waals surface area contributed by atoms with E-state index in [1.54, 1.807) is 12.1 Å². The van der Waals surface area contributed by atoms with Crippen LogP contribution in [0.1, 0.15) is 45.1 Å². The van der Waals surface area contributed by atoms with E-state index in [0.717, 1.165) is 12.1 Å². The maximum absolute atomic E-state index is 9.86. The van der Waals surface area contributed by atoms with Crippen LogP contribution in [0.25, 0.3) is 0 Å². The molecule has 0 aliphatic carbocycles. The Morgan fingerprint density at radius 1 is 1.26 bits per heavy atom. The van der Waals surface area contributed by atoms with Crippen LogP contribution in [0.4, 0.5) is 0 Å². The first-order chi connectivity index (χ1) is 9.08. The van der Waals surface area contributed by atoms with Crippen LogP contribution < -0.4 is 5.32 Å². The van der Waals surface area contributed by atoms with Gasteiger partial charge >= 0.3 is 0 Å². The van der Waals surface area contributed by atoms with Crippen molar-refractivity contribution in [1.29, 1.82) is 0 Å². The van der Waals surface area contributed by atoms with Gasteiger partial charge in [0, 0.05) is 17.1 Å². The van der Waals surface area contributed by atoms with Gasteiger partial charge < -0.3 is 10.4 Å². The van der Waals surface area contributed by atoms with Crippen molar-refractivity contribution in [3.63, 3.8) is 0 Å². The molecule has 1 atom stereocenters. The fourth-order valence-electron chi connectivity index (χ4n) is 2.11. The van der Waals surface area contributed by atoms with E-state index < -0.39 is 0 Å². The molecule has 2 N–H and O–H groups in total. The number of unbranched alkanes of at least 4 members (excludes halogenated alkanes) is 1. The number of hydrogen-bond donors (Lipinski definition) is 2. The molecule has 2 nitrogen and oxygen atoms in total. The second-order valence-electron chi connectivity index (χ2n) is 4.94. The summed E-state index contributed by atoms with van der Waals surface area (Å²) in [5.41, 5.74) is 0.753. The average molecular weight is 304 g/mol. The summed E-state index contributed by atoms with van der Waals surface area (Å²) in [7, 11) is 0. The Balaban J connectivity index is 2.48. The summed E-state index contributed by atoms with van der Waals surface area (Å²) in [6.07, 6.45) is 4.94. The monoisotopic (exact) mass is 303 g/mol. The topological polar surface area (TPSA) is 32.3 Å². The highest BCUT2D eigenvalue weighted by atomic mass is 35.5. The minimum Gasteiger partial charge on any atom is -0.506 e. The van der Waals surface area contributed by atoms with Crippen molar-refractivity contribution in [2.24, 2.45) is 5.92 Å². The lowest BCUT2D eigenvalue weighted by atomic mass is 9.99. The molecule has 1 rings (SSSR count). The molecule has 0 aliphatic rings. The Morgan fingerprint density at radius 2 is 2.00 bits per heavy atom. The predicted octanol–water partition coefficient (Wildman–Crippen LogP) is 5.01. The van der Waals surface area contributed by atoms with Gasteiger partial charge in [0.15, 0.2) is 0 Å². The number of aromatic hydroxyl groups is 1. The van der Waals surface area contributed by atoms with Gasteiger partial charge in [-0.05, 0) is 31.0 Å². The summed E-state index contributed by atoms with van der Waals surface area (Å²) in [6, 6.07) is 3.31. The Hall–Kier alpha value is -0.440. The standard InChI is InChI=1S/C15H23Cl2NO/c1-3-5-6-11(4-2)9-18-10-12-7-13(16)8-14(17)15(12)19/h7-8,11,18-19H,3-6,9-10H2,1-2H3. The molecule has 0 bridgehead atoms. The van der Waals surface area contributed by atoms with Crippen molar-refractivity contribution in [3.05, 3.63) is 27.7 Å². The fourth-order valence-corrected chi connectivity index (χ4v) is 2.64. The first kappa shape index (κ1) is 16.6. The summed E-state index contributed by atoms with van der Waals surface area (Å²) in [6.45, 7) is 5.98. The Morgan fingerprint density at radius 3 is 2.63 bits per heavy atom. The fraction of sp³-hybridized carbons (Fsp3) is 0.600. The highest BCUT2D eigenvalue weighted by Gasteiger charge is 2.09. The molecule has 0 radical (unpaired) electrons. The van der Waals surface area contributed by atoms with Gasteiger partial charge in [-0.1, -0.05) is 56.3 Å². The largest absolute Gasteiger partial charge is 0.506 e. The summed E-state index contributed by atoms with van der Waals surface area (Å²) in [5.74, 6) is 0.817. The quantitative estimate of drug-likeness (QED) is 0.708. The van der Waals surface area contributed by atoms with E-state index >= 15 is 0 Å². The minimum atomic E-state index is 0.125. The second-order valence-corrected chi connectivity index (χ2v) is 5.79. The summed E-state index contributed by atoms with van der Waals surface area (Å²) >= 11 is 11.8. The Kier molecular flexibility index (Phi) is 7.59. The van der Waals surface area contributed by atoms with E-state index in [9.17, 15) is 5.11 Å². The molecule has 0 aliphatic heterocycles. The lowest BCUT2D eigenvalue weighted by Crippen LogP contribution is -2.22. The number of phenolic OH excluding ortho intramolecular Hbond substituents is 1. The van der Waals surface area contributed by atoms with Crippen molar-refractivity contribution in [2.75, 3.05) is 6.54 Å². The molecule has 0 fully saturated rings. The molecule has 0 amide bonds. The zero-order valence-electron chi connectivity index (χ0n) is 11.7. The van der Waals surface area contributed by atoms with Crippen molar-refractivity contribution in [3.8, 4) is 5.75 Å². The van der Waals surface area contributed by atoms with Gasteiger partial charge in [0.05, 0.1) is 5.02 Å². The molecular weight excluding hydrogens is 281 g/mol. The molecule has 0 heterocycles. The molecule has 1 aromatic carbocycles. The zero-order valence-corrected chi connectivity index (χ0v) is 13.2. The van der Waals surface area contributed by atoms with Crippen LogP contribution in [-0.2, 0) is 6.54 Å². The van der Waals surface area contributed by atoms with E-state index in [0.29, 0.717) is 22.5 Å². The summed E-state index contributed by atoms with van der Waals surface area (Å²) in [5, 5.41) is 14.1. The molecule has 1 unspecified atom stereocenters. The third-order valence-electron chi connectivity index (χ3n) is 3.40. The SMILES string of the molecule is CCCCC(CC)CNCc1cc(Cl)cc(Cl)c1O. The number of phenols is 1. The van der Waals surface area contributed by atoms with Crippen molar-refractivity contribution >= 4 is 23.2 Å². The third kappa shape index (κ3) is 5.60. The third-order valence-corrected chi connectivity index (χ3v) is 3.91. The van der Waals surface area contributed by atoms with Crippen LogP contribution >= 0.6 is 23.2 Å². The van der Waals surface area contributed by atoms with Gasteiger partial charge in [-0.15, -0.1) is 0 Å². The van der Waals surface area contributed by atoms with Crippen LogP contribution in [0.5, 0.6) is 5.75 Å². The maximum atomic E-state index is 9.86. The van der Waals surface area contributed by atoms with Gasteiger partial charge in [-0.25, -0.2) is 0 Å². The van der Waals surface area contributed by atoms with E-state index in [-0.39, 0.29) is 5.75 Å². The van der Waals surface area contributed by atoms with Gasteiger partial charge in [0.1, 0.15) is 5.75 Å². The highest BCUT2D eigenvalue weighted by Crippen LogP contribution is 2.31. The molecule has 0 spiro atoms. The summed E-state index contributed by atoms with van der Waals surface area (Å²) in [4.78, 5) is 0. The van der Waals surface area contributed by atoms with E-state index in [1.807, 2.05) is 0 Å². The van der Waals surface area contributed by atoms with Crippen molar-refractivity contribution in [2.45, 2.75) is 46.1 Å². The molecule has 1 aromatic rings. The Bertz CT molecular complexity index is 396. The van der Waals surface area contributed by atoms with Crippen molar-refractivity contribution in [1.82, 2.24) is 5.32 Å². The first-order valence-electron chi connectivity index (χ1n) is 6.96. The molecule has 0 saturated carbocycles. The van der Waals surface area contributed by atoms with Crippen LogP contribution in [-0.4, -0.2) is 11.7 Å². The molecule has 0 saturated heterocycles. The number of rotatable bonds is 8. The molecule has 4 heteroatoms. The first-order valence-corrected chi connectivity index (χ1v) is 7.71. The van der Waals surface area contributed by atoms with Gasteiger partial charge in [0.25, 0.3) is 0 Å². The molecule has 108 valence electrons. The molecule has 0 aromatic heterocycles. The number of hydrogen-bond acceptors (Lipinski definition) is 2. The average Bonchev–Trinajstić information content (AvgIpc) is 2.39. The highest BCUT2D eigenvalue weighted by molar-refractivity contribution is 6.35. The van der Waals surface area contributed by atoms with E-state index in [1.165, 1.54) is 25.7 Å². The van der Waals surface area contributed by atoms with E-state index in [2.05, 4.69) is 19.2 Å². The van der Waals surface area contributed by atoms with Crippen LogP contribution in [0.2, 0.25) is 10.0 Å². The van der Waals surface area contributed by atoms with E-state index in [4.69, 9.17) is 23.2 Å². The molecule has 19 heavy (non-hydrogen) atoms. The Labute approximate surface area is 126 Å². The smallest absolute Gasteiger partial charge is 0.138 e. The number of benzene rings is 1. The van der Waals surface area contributed by atoms with Crippen LogP contribution in [0, 0.1) is 5.92 Å². The second kappa shape index (κ2) is 8.68. The molecular formula is C15H23Cl2NO. The van der Waals surface area contributed by atoms with Gasteiger partial charge in [-0.3, -0.25) is 0 Å². The summed E-state index contributed by atoms with van der Waals surface area (Å²) < 4.78 is 0. The number of nitrogens with one attached hydrogen (secondary N) is 1. The number of halogens is 2. The minimum absolute atomic E-state index is 0.125. The van der Waals surface area contributed by atoms with Crippen LogP contribution in [0.3, 0.4) is 0 Å². The van der Waals surface area contributed by atoms with Crippen molar-refractivity contribution < 1.29 is 5.11 Å². The lowest BCUT2D eigenvalue weighted by molar-refractivity contribution is 0.414. The predicted molar refractivity (Wildman–Crippen MR) is 83.1 cm³/mol. The van der Waals surface area contributed by atoms with Gasteiger partial charge in [0.2, 0.25) is 0 Å². The van der Waals surface area contributed by atoms with Gasteiger partial charge in [-0.2, -0.15) is 0 Å².